The van der Waals surface area contributed by atoms with Crippen LogP contribution in [0.15, 0.2) is 23.1 Å². The lowest BCUT2D eigenvalue weighted by Gasteiger charge is -2.27. The molecule has 0 spiro atoms. The number of anilines is 1. The second-order valence-corrected chi connectivity index (χ2v) is 7.02. The van der Waals surface area contributed by atoms with Crippen molar-refractivity contribution in [3.05, 3.63) is 23.8 Å². The average Bonchev–Trinajstić information content (AvgIpc) is 2.34. The zero-order valence-corrected chi connectivity index (χ0v) is 12.6. The fraction of sp³-hybridized carbons (Fsp3) is 0.462. The molecule has 0 aliphatic carbocycles. The summed E-state index contributed by atoms with van der Waals surface area (Å²) in [6.07, 6.45) is 0. The summed E-state index contributed by atoms with van der Waals surface area (Å²) < 4.78 is 26.2. The number of rotatable bonds is 5. The first kappa shape index (κ1) is 16.4. The van der Waals surface area contributed by atoms with E-state index in [0.29, 0.717) is 5.69 Å². The van der Waals surface area contributed by atoms with Crippen LogP contribution in [0, 0.1) is 11.3 Å². The van der Waals surface area contributed by atoms with Crippen LogP contribution in [0.4, 0.5) is 5.69 Å². The number of nitrogen functional groups attached to an aromatic ring is 1. The number of aliphatic hydroxyl groups is 1. The highest BCUT2D eigenvalue weighted by Crippen LogP contribution is 2.23. The van der Waals surface area contributed by atoms with Gasteiger partial charge in [0.25, 0.3) is 0 Å². The van der Waals surface area contributed by atoms with Crippen LogP contribution in [0.3, 0.4) is 0 Å². The van der Waals surface area contributed by atoms with Gasteiger partial charge in [0, 0.05) is 18.8 Å². The Balaban J connectivity index is 3.32. The van der Waals surface area contributed by atoms with Crippen molar-refractivity contribution < 1.29 is 13.5 Å². The van der Waals surface area contributed by atoms with Gasteiger partial charge < -0.3 is 10.8 Å². The van der Waals surface area contributed by atoms with Gasteiger partial charge in [-0.3, -0.25) is 0 Å². The molecule has 0 saturated carbocycles. The topological polar surface area (TPSA) is 107 Å². The van der Waals surface area contributed by atoms with Gasteiger partial charge in [0.1, 0.15) is 11.0 Å². The lowest BCUT2D eigenvalue weighted by Crippen LogP contribution is -2.42. The van der Waals surface area contributed by atoms with Gasteiger partial charge in [-0.1, -0.05) is 6.92 Å². The van der Waals surface area contributed by atoms with Crippen molar-refractivity contribution in [3.63, 3.8) is 0 Å². The molecule has 0 fully saturated rings. The molecule has 0 bridgehead atoms. The van der Waals surface area contributed by atoms with Crippen LogP contribution in [0.2, 0.25) is 0 Å². The minimum absolute atomic E-state index is 0.000745. The summed E-state index contributed by atoms with van der Waals surface area (Å²) in [6, 6.07) is 5.91. The Morgan fingerprint density at radius 3 is 2.50 bits per heavy atom. The largest absolute Gasteiger partial charge is 0.399 e. The van der Waals surface area contributed by atoms with E-state index < -0.39 is 15.6 Å². The van der Waals surface area contributed by atoms with Crippen LogP contribution in [0.1, 0.15) is 26.3 Å². The monoisotopic (exact) mass is 297 g/mol. The maximum absolute atomic E-state index is 12.6. The summed E-state index contributed by atoms with van der Waals surface area (Å²) in [4.78, 5) is -0.0969. The van der Waals surface area contributed by atoms with Gasteiger partial charge in [-0.05, 0) is 32.0 Å². The minimum Gasteiger partial charge on any atom is -0.399 e. The van der Waals surface area contributed by atoms with Crippen molar-refractivity contribution in [2.75, 3.05) is 18.8 Å². The number of nitrogens with zero attached hydrogens (tertiary/aromatic N) is 2. The third-order valence-corrected chi connectivity index (χ3v) is 4.64. The Labute approximate surface area is 119 Å². The molecule has 1 aromatic rings. The highest BCUT2D eigenvalue weighted by atomic mass is 32.2. The van der Waals surface area contributed by atoms with E-state index in [-0.39, 0.29) is 23.5 Å². The Morgan fingerprint density at radius 2 is 2.05 bits per heavy atom. The predicted molar refractivity (Wildman–Crippen MR) is 76.3 cm³/mol. The fourth-order valence-electron chi connectivity index (χ4n) is 1.80. The molecule has 0 atom stereocenters. The van der Waals surface area contributed by atoms with Gasteiger partial charge in [-0.2, -0.15) is 9.57 Å². The van der Waals surface area contributed by atoms with Crippen molar-refractivity contribution in [3.8, 4) is 6.07 Å². The summed E-state index contributed by atoms with van der Waals surface area (Å²) in [5.41, 5.74) is 4.72. The van der Waals surface area contributed by atoms with Gasteiger partial charge >= 0.3 is 0 Å². The first-order valence-corrected chi connectivity index (χ1v) is 7.58. The highest BCUT2D eigenvalue weighted by molar-refractivity contribution is 7.89. The van der Waals surface area contributed by atoms with Gasteiger partial charge in [0.2, 0.25) is 10.0 Å². The first-order chi connectivity index (χ1) is 9.11. The molecule has 0 unspecified atom stereocenters. The second kappa shape index (κ2) is 5.79. The maximum atomic E-state index is 12.6. The Hall–Kier alpha value is -1.62. The minimum atomic E-state index is -3.85. The quantitative estimate of drug-likeness (QED) is 0.786. The van der Waals surface area contributed by atoms with Crippen LogP contribution >= 0.6 is 0 Å². The van der Waals surface area contributed by atoms with Crippen molar-refractivity contribution in [2.24, 2.45) is 0 Å². The molecule has 0 radical (unpaired) electrons. The normalized spacial score (nSPS) is 12.4. The summed E-state index contributed by atoms with van der Waals surface area (Å²) in [5.74, 6) is 0. The van der Waals surface area contributed by atoms with Crippen LogP contribution in [0.5, 0.6) is 0 Å². The van der Waals surface area contributed by atoms with E-state index in [2.05, 4.69) is 0 Å². The predicted octanol–water partition coefficient (Wildman–Crippen LogP) is 0.922. The smallest absolute Gasteiger partial charge is 0.244 e. The molecular weight excluding hydrogens is 278 g/mol. The molecule has 20 heavy (non-hydrogen) atoms. The molecule has 6 nitrogen and oxygen atoms in total. The van der Waals surface area contributed by atoms with Gasteiger partial charge in [0.05, 0.1) is 11.2 Å². The van der Waals surface area contributed by atoms with Crippen LogP contribution in [-0.2, 0) is 10.0 Å². The zero-order chi connectivity index (χ0) is 15.6. The average molecular weight is 297 g/mol. The molecule has 0 heterocycles. The second-order valence-electron chi connectivity index (χ2n) is 5.11. The van der Waals surface area contributed by atoms with Crippen LogP contribution in [-0.4, -0.2) is 36.5 Å². The maximum Gasteiger partial charge on any atom is 0.244 e. The molecule has 7 heteroatoms. The van der Waals surface area contributed by atoms with E-state index in [1.807, 2.05) is 6.07 Å². The van der Waals surface area contributed by atoms with Crippen molar-refractivity contribution >= 4 is 15.7 Å². The number of hydrogen-bond donors (Lipinski definition) is 2. The molecule has 1 aromatic carbocycles. The Bertz CT molecular complexity index is 627. The van der Waals surface area contributed by atoms with E-state index in [4.69, 9.17) is 11.0 Å². The van der Waals surface area contributed by atoms with E-state index in [9.17, 15) is 13.5 Å². The van der Waals surface area contributed by atoms with Crippen molar-refractivity contribution in [1.29, 1.82) is 5.26 Å². The molecule has 0 amide bonds. The summed E-state index contributed by atoms with van der Waals surface area (Å²) in [7, 11) is -3.85. The van der Waals surface area contributed by atoms with Crippen LogP contribution in [0.25, 0.3) is 0 Å². The van der Waals surface area contributed by atoms with Gasteiger partial charge in [-0.25, -0.2) is 8.42 Å². The highest BCUT2D eigenvalue weighted by Gasteiger charge is 2.30. The summed E-state index contributed by atoms with van der Waals surface area (Å²) in [5, 5.41) is 18.9. The Kier molecular flexibility index (Phi) is 4.76. The number of nitrogens with two attached hydrogens (primary N) is 1. The standard InChI is InChI=1S/C13H19N3O3S/c1-4-16(9-13(2,3)17)20(18,19)12-6-5-11(15)7-10(12)8-14/h5-7,17H,4,9,15H2,1-3H3. The molecule has 0 saturated heterocycles. The number of sulfonamides is 1. The summed E-state index contributed by atoms with van der Waals surface area (Å²) in [6.45, 7) is 4.87. The third-order valence-electron chi connectivity index (χ3n) is 2.66. The van der Waals surface area contributed by atoms with Gasteiger partial charge in [0.15, 0.2) is 0 Å². The van der Waals surface area contributed by atoms with E-state index >= 15 is 0 Å². The van der Waals surface area contributed by atoms with Crippen LogP contribution < -0.4 is 5.73 Å². The number of hydrogen-bond acceptors (Lipinski definition) is 5. The lowest BCUT2D eigenvalue weighted by molar-refractivity contribution is 0.0601. The van der Waals surface area contributed by atoms with E-state index in [1.165, 1.54) is 32.0 Å². The fourth-order valence-corrected chi connectivity index (χ4v) is 3.52. The molecule has 3 N–H and O–H groups in total. The molecule has 0 aliphatic heterocycles. The molecule has 110 valence electrons. The molecule has 0 aromatic heterocycles. The third kappa shape index (κ3) is 3.70. The van der Waals surface area contributed by atoms with E-state index in [1.54, 1.807) is 6.92 Å². The van der Waals surface area contributed by atoms with Crippen molar-refractivity contribution in [2.45, 2.75) is 31.3 Å². The van der Waals surface area contributed by atoms with E-state index in [0.717, 1.165) is 4.31 Å². The first-order valence-electron chi connectivity index (χ1n) is 6.14. The number of likely N-dealkylation sites (N-methyl/N-ethyl adjacent to an activating group) is 1. The number of nitriles is 1. The number of benzene rings is 1. The molecular formula is C13H19N3O3S. The Morgan fingerprint density at radius 1 is 1.45 bits per heavy atom. The lowest BCUT2D eigenvalue weighted by atomic mass is 10.1. The molecule has 0 aliphatic rings. The summed E-state index contributed by atoms with van der Waals surface area (Å²) >= 11 is 0. The zero-order valence-electron chi connectivity index (χ0n) is 11.8. The van der Waals surface area contributed by atoms with Gasteiger partial charge in [-0.15, -0.1) is 0 Å². The SMILES string of the molecule is CCN(CC(C)(C)O)S(=O)(=O)c1ccc(N)cc1C#N. The molecule has 1 rings (SSSR count). The van der Waals surface area contributed by atoms with Crippen molar-refractivity contribution in [1.82, 2.24) is 4.31 Å².